The highest BCUT2D eigenvalue weighted by molar-refractivity contribution is 6.06. The Kier molecular flexibility index (Phi) is 8.10. The van der Waals surface area contributed by atoms with Crippen molar-refractivity contribution in [2.24, 2.45) is 11.1 Å². The van der Waals surface area contributed by atoms with Crippen LogP contribution in [0.4, 0.5) is 0 Å². The van der Waals surface area contributed by atoms with E-state index >= 15 is 0 Å². The minimum Gasteiger partial charge on any atom is -0.379 e. The van der Waals surface area contributed by atoms with E-state index in [0.29, 0.717) is 31.0 Å². The number of amides is 2. The Hall–Kier alpha value is -3.93. The Bertz CT molecular complexity index is 1300. The van der Waals surface area contributed by atoms with Crippen molar-refractivity contribution in [1.82, 2.24) is 9.80 Å². The minimum atomic E-state index is -1.04. The van der Waals surface area contributed by atoms with Gasteiger partial charge in [0, 0.05) is 38.2 Å². The first-order valence-corrected chi connectivity index (χ1v) is 14.0. The molecule has 39 heavy (non-hydrogen) atoms. The van der Waals surface area contributed by atoms with Crippen LogP contribution in [0.25, 0.3) is 0 Å². The van der Waals surface area contributed by atoms with E-state index in [-0.39, 0.29) is 11.8 Å². The summed E-state index contributed by atoms with van der Waals surface area (Å²) in [4.78, 5) is 36.1. The Morgan fingerprint density at radius 1 is 0.923 bits per heavy atom. The van der Waals surface area contributed by atoms with E-state index in [9.17, 15) is 9.59 Å². The second kappa shape index (κ2) is 11.9. The van der Waals surface area contributed by atoms with Gasteiger partial charge in [0.2, 0.25) is 5.60 Å². The average Bonchev–Trinajstić information content (AvgIpc) is 3.40. The fourth-order valence-corrected chi connectivity index (χ4v) is 5.55. The molecule has 0 N–H and O–H groups in total. The van der Waals surface area contributed by atoms with Gasteiger partial charge in [-0.2, -0.15) is 0 Å². The molecule has 0 aliphatic carbocycles. The molecule has 1 saturated heterocycles. The number of carbonyl (C=O) groups excluding carboxylic acids is 2. The molecule has 202 valence electrons. The van der Waals surface area contributed by atoms with Crippen LogP contribution in [0.15, 0.2) is 90.1 Å². The second-order valence-electron chi connectivity index (χ2n) is 10.8. The maximum absolute atomic E-state index is 13.4. The Labute approximate surface area is 231 Å². The van der Waals surface area contributed by atoms with Gasteiger partial charge in [-0.05, 0) is 67.9 Å². The zero-order chi connectivity index (χ0) is 27.2. The molecule has 2 aliphatic heterocycles. The number of oxime groups is 1. The molecule has 6 nitrogen and oxygen atoms in total. The van der Waals surface area contributed by atoms with E-state index in [4.69, 9.17) is 4.84 Å². The van der Waals surface area contributed by atoms with Crippen molar-refractivity contribution >= 4 is 17.5 Å². The van der Waals surface area contributed by atoms with Crippen molar-refractivity contribution < 1.29 is 14.4 Å². The van der Waals surface area contributed by atoms with Gasteiger partial charge in [0.05, 0.1) is 5.71 Å². The third kappa shape index (κ3) is 6.22. The lowest BCUT2D eigenvalue weighted by Crippen LogP contribution is -2.47. The molecule has 0 spiro atoms. The van der Waals surface area contributed by atoms with Gasteiger partial charge in [-0.25, -0.2) is 0 Å². The monoisotopic (exact) mass is 523 g/mol. The number of piperidine rings is 1. The molecule has 2 amide bonds. The maximum atomic E-state index is 13.4. The minimum absolute atomic E-state index is 0.0730. The van der Waals surface area contributed by atoms with Crippen LogP contribution < -0.4 is 0 Å². The van der Waals surface area contributed by atoms with Gasteiger partial charge >= 0.3 is 0 Å². The molecule has 1 atom stereocenters. The van der Waals surface area contributed by atoms with E-state index in [1.807, 2.05) is 72.5 Å². The zero-order valence-electron chi connectivity index (χ0n) is 22.9. The zero-order valence-corrected chi connectivity index (χ0v) is 22.9. The lowest BCUT2D eigenvalue weighted by molar-refractivity contribution is -0.153. The summed E-state index contributed by atoms with van der Waals surface area (Å²) < 4.78 is 0. The number of benzene rings is 3. The highest BCUT2D eigenvalue weighted by Gasteiger charge is 2.44. The Morgan fingerprint density at radius 2 is 1.54 bits per heavy atom. The molecular formula is C33H37N3O3. The molecular weight excluding hydrogens is 486 g/mol. The summed E-state index contributed by atoms with van der Waals surface area (Å²) in [7, 11) is 0. The van der Waals surface area contributed by atoms with Gasteiger partial charge < -0.3 is 14.6 Å². The summed E-state index contributed by atoms with van der Waals surface area (Å²) in [6.07, 6.45) is 3.52. The first kappa shape index (κ1) is 26.7. The first-order chi connectivity index (χ1) is 18.9. The summed E-state index contributed by atoms with van der Waals surface area (Å²) in [6.45, 7) is 6.47. The molecule has 0 aromatic heterocycles. The number of rotatable bonds is 8. The SMILES string of the molecule is CCN(Cc1ccccc1)C(=O)C1(C)CC(c2ccc(C(=O)N3CCC(Cc4ccccc4)CC3)cc2)=NO1. The van der Waals surface area contributed by atoms with Gasteiger partial charge in [-0.1, -0.05) is 78.0 Å². The predicted molar refractivity (Wildman–Crippen MR) is 153 cm³/mol. The van der Waals surface area contributed by atoms with Gasteiger partial charge in [0.25, 0.3) is 11.8 Å². The van der Waals surface area contributed by atoms with Crippen LogP contribution >= 0.6 is 0 Å². The summed E-state index contributed by atoms with van der Waals surface area (Å²) >= 11 is 0. The normalized spacial score (nSPS) is 19.3. The van der Waals surface area contributed by atoms with Gasteiger partial charge in [-0.15, -0.1) is 0 Å². The average molecular weight is 524 g/mol. The quantitative estimate of drug-likeness (QED) is 0.380. The maximum Gasteiger partial charge on any atom is 0.270 e. The van der Waals surface area contributed by atoms with Crippen molar-refractivity contribution in [3.63, 3.8) is 0 Å². The van der Waals surface area contributed by atoms with Crippen LogP contribution in [0.5, 0.6) is 0 Å². The highest BCUT2D eigenvalue weighted by Crippen LogP contribution is 2.30. The van der Waals surface area contributed by atoms with E-state index < -0.39 is 5.60 Å². The number of carbonyl (C=O) groups is 2. The molecule has 2 aliphatic rings. The third-order valence-electron chi connectivity index (χ3n) is 7.93. The number of likely N-dealkylation sites (tertiary alicyclic amines) is 1. The van der Waals surface area contributed by atoms with Crippen molar-refractivity contribution in [2.45, 2.75) is 51.7 Å². The molecule has 2 heterocycles. The van der Waals surface area contributed by atoms with Crippen LogP contribution in [-0.4, -0.2) is 52.6 Å². The molecule has 0 bridgehead atoms. The van der Waals surface area contributed by atoms with Crippen LogP contribution in [0.1, 0.15) is 60.2 Å². The van der Waals surface area contributed by atoms with E-state index in [2.05, 4.69) is 29.4 Å². The van der Waals surface area contributed by atoms with Crippen molar-refractivity contribution in [2.75, 3.05) is 19.6 Å². The molecule has 3 aromatic carbocycles. The predicted octanol–water partition coefficient (Wildman–Crippen LogP) is 5.71. The summed E-state index contributed by atoms with van der Waals surface area (Å²) in [5, 5.41) is 4.28. The van der Waals surface area contributed by atoms with Gasteiger partial charge in [0.1, 0.15) is 0 Å². The third-order valence-corrected chi connectivity index (χ3v) is 7.93. The molecule has 1 unspecified atom stereocenters. The van der Waals surface area contributed by atoms with Crippen LogP contribution in [0.3, 0.4) is 0 Å². The molecule has 6 heteroatoms. The first-order valence-electron chi connectivity index (χ1n) is 14.0. The van der Waals surface area contributed by atoms with Crippen LogP contribution in [-0.2, 0) is 22.6 Å². The van der Waals surface area contributed by atoms with E-state index in [0.717, 1.165) is 49.2 Å². The lowest BCUT2D eigenvalue weighted by Gasteiger charge is -2.32. The standard InChI is InChI=1S/C33H37N3O3/c1-3-35(24-27-12-8-5-9-13-27)32(38)33(2)23-30(34-39-33)28-14-16-29(17-15-28)31(37)36-20-18-26(19-21-36)22-25-10-6-4-7-11-25/h4-17,26H,3,18-24H2,1-2H3. The fourth-order valence-electron chi connectivity index (χ4n) is 5.55. The number of hydrogen-bond donors (Lipinski definition) is 0. The number of nitrogens with zero attached hydrogens (tertiary/aromatic N) is 3. The molecule has 0 radical (unpaired) electrons. The number of hydrogen-bond acceptors (Lipinski definition) is 4. The lowest BCUT2D eigenvalue weighted by atomic mass is 9.90. The van der Waals surface area contributed by atoms with E-state index in [1.54, 1.807) is 11.8 Å². The van der Waals surface area contributed by atoms with Gasteiger partial charge in [-0.3, -0.25) is 9.59 Å². The summed E-state index contributed by atoms with van der Waals surface area (Å²) in [6, 6.07) is 28.1. The molecule has 0 saturated carbocycles. The topological polar surface area (TPSA) is 62.2 Å². The number of likely N-dealkylation sites (N-methyl/N-ethyl adjacent to an activating group) is 1. The van der Waals surface area contributed by atoms with Crippen molar-refractivity contribution in [3.05, 3.63) is 107 Å². The summed E-state index contributed by atoms with van der Waals surface area (Å²) in [5.41, 5.74) is 3.68. The molecule has 3 aromatic rings. The largest absolute Gasteiger partial charge is 0.379 e. The van der Waals surface area contributed by atoms with Gasteiger partial charge in [0.15, 0.2) is 0 Å². The van der Waals surface area contributed by atoms with E-state index in [1.165, 1.54) is 5.56 Å². The Morgan fingerprint density at radius 3 is 2.15 bits per heavy atom. The molecule has 1 fully saturated rings. The fraction of sp³-hybridized carbons (Fsp3) is 0.364. The Balaban J connectivity index is 1.16. The smallest absolute Gasteiger partial charge is 0.270 e. The van der Waals surface area contributed by atoms with Crippen LogP contribution in [0, 0.1) is 5.92 Å². The van der Waals surface area contributed by atoms with Crippen LogP contribution in [0.2, 0.25) is 0 Å². The summed E-state index contributed by atoms with van der Waals surface area (Å²) in [5.74, 6) is 0.617. The highest BCUT2D eigenvalue weighted by atomic mass is 16.7. The van der Waals surface area contributed by atoms with Crippen molar-refractivity contribution in [1.29, 1.82) is 0 Å². The molecule has 5 rings (SSSR count). The second-order valence-corrected chi connectivity index (χ2v) is 10.8. The van der Waals surface area contributed by atoms with Crippen molar-refractivity contribution in [3.8, 4) is 0 Å².